The molecular weight excluding hydrogens is 692 g/mol. The van der Waals surface area contributed by atoms with E-state index in [9.17, 15) is 9.59 Å². The van der Waals surface area contributed by atoms with Gasteiger partial charge in [-0.05, 0) is 30.8 Å². The molecule has 0 radical (unpaired) electrons. The van der Waals surface area contributed by atoms with E-state index in [1.165, 1.54) is 16.8 Å². The van der Waals surface area contributed by atoms with Crippen LogP contribution in [0.2, 0.25) is 10.1 Å². The first kappa shape index (κ1) is 36.5. The number of benzene rings is 4. The summed E-state index contributed by atoms with van der Waals surface area (Å²) >= 11 is 7.35. The zero-order chi connectivity index (χ0) is 36.4. The van der Waals surface area contributed by atoms with Gasteiger partial charge < -0.3 is 13.6 Å². The first-order valence-corrected chi connectivity index (χ1v) is 21.4. The SMILES string of the molecule is CC(C)(C)[Si](OC[C@H]1OC(n2ccc(=O)[nH]c2=O)=C(Cl)[C@@H]1O[Si](c1ccccc1)(c1ccccc1)C(C)(C)C)(c1ccccc1)c1ccccc1. The molecule has 5 aromatic rings. The van der Waals surface area contributed by atoms with Crippen LogP contribution in [0, 0.1) is 0 Å². The minimum atomic E-state index is -3.18. The molecule has 4 aromatic carbocycles. The van der Waals surface area contributed by atoms with E-state index in [0.29, 0.717) is 0 Å². The Hall–Kier alpha value is -4.26. The van der Waals surface area contributed by atoms with Gasteiger partial charge in [0.25, 0.3) is 22.2 Å². The summed E-state index contributed by atoms with van der Waals surface area (Å²) in [5.41, 5.74) is -1.17. The Bertz CT molecular complexity index is 2010. The quantitative estimate of drug-likeness (QED) is 0.183. The number of aromatic nitrogens is 2. The molecule has 1 aliphatic heterocycles. The van der Waals surface area contributed by atoms with Crippen LogP contribution in [0.25, 0.3) is 5.88 Å². The van der Waals surface area contributed by atoms with Gasteiger partial charge in [-0.1, -0.05) is 174 Å². The third-order valence-electron chi connectivity index (χ3n) is 9.70. The van der Waals surface area contributed by atoms with E-state index in [4.69, 9.17) is 25.2 Å². The van der Waals surface area contributed by atoms with Crippen molar-refractivity contribution in [3.63, 3.8) is 0 Å². The summed E-state index contributed by atoms with van der Waals surface area (Å²) in [4.78, 5) is 27.6. The van der Waals surface area contributed by atoms with Crippen LogP contribution >= 0.6 is 11.6 Å². The third kappa shape index (κ3) is 6.77. The molecule has 0 unspecified atom stereocenters. The van der Waals surface area contributed by atoms with Crippen molar-refractivity contribution in [2.24, 2.45) is 0 Å². The van der Waals surface area contributed by atoms with Crippen molar-refractivity contribution >= 4 is 54.9 Å². The van der Waals surface area contributed by atoms with Gasteiger partial charge in [0.1, 0.15) is 11.1 Å². The summed E-state index contributed by atoms with van der Waals surface area (Å²) in [6.45, 7) is 13.4. The number of ether oxygens (including phenoxy) is 1. The highest BCUT2D eigenvalue weighted by atomic mass is 35.5. The maximum Gasteiger partial charge on any atom is 0.335 e. The molecule has 51 heavy (non-hydrogen) atoms. The van der Waals surface area contributed by atoms with Gasteiger partial charge in [0.05, 0.1) is 6.61 Å². The molecule has 0 bridgehead atoms. The van der Waals surface area contributed by atoms with Gasteiger partial charge in [-0.15, -0.1) is 0 Å². The Kier molecular flexibility index (Phi) is 10.3. The zero-order valence-corrected chi connectivity index (χ0v) is 32.7. The largest absolute Gasteiger partial charge is 0.469 e. The van der Waals surface area contributed by atoms with Crippen molar-refractivity contribution < 1.29 is 13.6 Å². The van der Waals surface area contributed by atoms with Crippen LogP contribution in [-0.2, 0) is 13.6 Å². The highest BCUT2D eigenvalue weighted by Gasteiger charge is 2.56. The van der Waals surface area contributed by atoms with Gasteiger partial charge in [-0.2, -0.15) is 0 Å². The summed E-state index contributed by atoms with van der Waals surface area (Å²) in [6, 6.07) is 42.7. The van der Waals surface area contributed by atoms with Crippen LogP contribution < -0.4 is 32.0 Å². The van der Waals surface area contributed by atoms with Gasteiger partial charge in [0, 0.05) is 12.3 Å². The fraction of sp³-hybridized carbons (Fsp3) is 0.268. The number of aromatic amines is 1. The van der Waals surface area contributed by atoms with E-state index in [2.05, 4.69) is 119 Å². The number of halogens is 1. The molecule has 1 aromatic heterocycles. The zero-order valence-electron chi connectivity index (χ0n) is 29.9. The molecule has 264 valence electrons. The first-order valence-electron chi connectivity index (χ1n) is 17.2. The molecule has 1 N–H and O–H groups in total. The van der Waals surface area contributed by atoms with Gasteiger partial charge in [0.15, 0.2) is 6.10 Å². The standard InChI is InChI=1S/C41H45ClN2O5Si2/c1-40(2,3)50(30-19-11-7-12-20-30,31-21-13-8-14-22-31)47-29-34-37(36(42)38(48-34)44-28-27-35(45)43-39(44)46)49-51(41(4,5)6,32-23-15-9-16-24-32)33-25-17-10-18-26-33/h7-28,34,37H,29H2,1-6H3,(H,43,45,46)/t34-,37-/m1/s1. The number of H-pyrrole nitrogens is 1. The normalized spacial score (nSPS) is 17.0. The van der Waals surface area contributed by atoms with E-state index >= 15 is 0 Å². The lowest BCUT2D eigenvalue weighted by Crippen LogP contribution is -2.69. The van der Waals surface area contributed by atoms with Crippen molar-refractivity contribution in [2.45, 2.75) is 63.8 Å². The fourth-order valence-electron chi connectivity index (χ4n) is 7.39. The van der Waals surface area contributed by atoms with E-state index in [1.807, 2.05) is 48.5 Å². The van der Waals surface area contributed by atoms with Crippen LogP contribution in [0.5, 0.6) is 0 Å². The summed E-state index contributed by atoms with van der Waals surface area (Å²) in [6.07, 6.45) is -0.177. The van der Waals surface area contributed by atoms with Crippen LogP contribution in [0.3, 0.4) is 0 Å². The minimum absolute atomic E-state index is 0.108. The summed E-state index contributed by atoms with van der Waals surface area (Å²) < 4.78 is 22.9. The van der Waals surface area contributed by atoms with Gasteiger partial charge in [-0.3, -0.25) is 9.78 Å². The van der Waals surface area contributed by atoms with Crippen LogP contribution in [0.4, 0.5) is 0 Å². The molecule has 0 saturated carbocycles. The van der Waals surface area contributed by atoms with Crippen molar-refractivity contribution in [3.8, 4) is 0 Å². The summed E-state index contributed by atoms with van der Waals surface area (Å²) in [5, 5.41) is 3.98. The smallest absolute Gasteiger partial charge is 0.335 e. The number of nitrogens with one attached hydrogen (secondary N) is 1. The molecule has 7 nitrogen and oxygen atoms in total. The average Bonchev–Trinajstić information content (AvgIpc) is 3.41. The molecule has 10 heteroatoms. The molecule has 1 aliphatic rings. The number of nitrogens with zero attached hydrogens (tertiary/aromatic N) is 1. The molecule has 0 aliphatic carbocycles. The molecule has 2 atom stereocenters. The number of hydrogen-bond donors (Lipinski definition) is 1. The second kappa shape index (κ2) is 14.4. The predicted molar refractivity (Wildman–Crippen MR) is 211 cm³/mol. The maximum absolute atomic E-state index is 13.2. The molecule has 0 fully saturated rings. The lowest BCUT2D eigenvalue weighted by molar-refractivity contribution is 0.0359. The van der Waals surface area contributed by atoms with E-state index < -0.39 is 40.1 Å². The van der Waals surface area contributed by atoms with E-state index in [-0.39, 0.29) is 27.6 Å². The molecule has 0 spiro atoms. The third-order valence-corrected chi connectivity index (χ3v) is 20.1. The fourth-order valence-corrected chi connectivity index (χ4v) is 17.0. The Morgan fingerprint density at radius 2 is 1.08 bits per heavy atom. The van der Waals surface area contributed by atoms with E-state index in [0.717, 1.165) is 20.7 Å². The van der Waals surface area contributed by atoms with E-state index in [1.54, 1.807) is 0 Å². The molecular formula is C41H45ClN2O5Si2. The number of hydrogen-bond acceptors (Lipinski definition) is 5. The van der Waals surface area contributed by atoms with Crippen molar-refractivity contribution in [3.05, 3.63) is 159 Å². The van der Waals surface area contributed by atoms with Crippen LogP contribution in [0.15, 0.2) is 148 Å². The highest BCUT2D eigenvalue weighted by Crippen LogP contribution is 2.43. The van der Waals surface area contributed by atoms with Gasteiger partial charge >= 0.3 is 5.69 Å². The Labute approximate surface area is 306 Å². The summed E-state index contributed by atoms with van der Waals surface area (Å²) in [5.74, 6) is 0.108. The van der Waals surface area contributed by atoms with Crippen molar-refractivity contribution in [1.82, 2.24) is 9.55 Å². The van der Waals surface area contributed by atoms with Crippen molar-refractivity contribution in [2.75, 3.05) is 6.61 Å². The average molecular weight is 737 g/mol. The lowest BCUT2D eigenvalue weighted by Gasteiger charge is -2.46. The molecule has 2 heterocycles. The minimum Gasteiger partial charge on any atom is -0.469 e. The maximum atomic E-state index is 13.2. The Morgan fingerprint density at radius 3 is 1.47 bits per heavy atom. The Morgan fingerprint density at radius 1 is 0.667 bits per heavy atom. The van der Waals surface area contributed by atoms with Crippen LogP contribution in [0.1, 0.15) is 41.5 Å². The Balaban J connectivity index is 1.53. The van der Waals surface area contributed by atoms with Crippen molar-refractivity contribution in [1.29, 1.82) is 0 Å². The first-order chi connectivity index (χ1) is 24.3. The topological polar surface area (TPSA) is 82.5 Å². The summed E-state index contributed by atoms with van der Waals surface area (Å²) in [7, 11) is -6.19. The van der Waals surface area contributed by atoms with Gasteiger partial charge in [-0.25, -0.2) is 9.36 Å². The second-order valence-corrected chi connectivity index (χ2v) is 23.9. The predicted octanol–water partition coefficient (Wildman–Crippen LogP) is 5.82. The number of rotatable bonds is 10. The molecule has 0 amide bonds. The lowest BCUT2D eigenvalue weighted by atomic mass is 10.2. The second-order valence-electron chi connectivity index (χ2n) is 15.0. The monoisotopic (exact) mass is 736 g/mol. The molecule has 6 rings (SSSR count). The van der Waals surface area contributed by atoms with Gasteiger partial charge in [0.2, 0.25) is 5.88 Å². The molecule has 0 saturated heterocycles. The van der Waals surface area contributed by atoms with Crippen LogP contribution in [-0.4, -0.2) is 45.0 Å². The highest BCUT2D eigenvalue weighted by molar-refractivity contribution is 7.00.